The molecule has 1 amide bonds. The molecule has 0 aromatic heterocycles. The van der Waals surface area contributed by atoms with Crippen molar-refractivity contribution in [2.24, 2.45) is 11.8 Å². The Labute approximate surface area is 135 Å². The molecule has 0 spiro atoms. The summed E-state index contributed by atoms with van der Waals surface area (Å²) in [7, 11) is 0. The minimum Gasteiger partial charge on any atom is -0.444 e. The summed E-state index contributed by atoms with van der Waals surface area (Å²) in [5, 5.41) is 6.68. The van der Waals surface area contributed by atoms with Gasteiger partial charge in [-0.3, -0.25) is 0 Å². The Morgan fingerprint density at radius 1 is 1.18 bits per heavy atom. The first-order valence-corrected chi connectivity index (χ1v) is 8.79. The van der Waals surface area contributed by atoms with Gasteiger partial charge in [0.15, 0.2) is 0 Å². The molecule has 2 aliphatic carbocycles. The Kier molecular flexibility index (Phi) is 6.30. The number of carbonyl (C=O) groups is 1. The third kappa shape index (κ3) is 5.99. The lowest BCUT2D eigenvalue weighted by atomic mass is 9.93. The molecule has 0 aliphatic heterocycles. The number of amides is 1. The molecule has 2 aliphatic rings. The molecule has 2 N–H and O–H groups in total. The average molecular weight is 308 g/mol. The maximum absolute atomic E-state index is 11.8. The summed E-state index contributed by atoms with van der Waals surface area (Å²) in [6.07, 6.45) is 11.7. The van der Waals surface area contributed by atoms with Gasteiger partial charge in [-0.25, -0.2) is 4.79 Å². The summed E-state index contributed by atoms with van der Waals surface area (Å²) in [4.78, 5) is 11.8. The predicted octanol–water partition coefficient (Wildman–Crippen LogP) is 3.63. The van der Waals surface area contributed by atoms with Crippen LogP contribution in [0.4, 0.5) is 4.79 Å². The molecule has 0 saturated heterocycles. The normalized spacial score (nSPS) is 28.6. The Bertz CT molecular complexity index is 387. The summed E-state index contributed by atoms with van der Waals surface area (Å²) in [6.45, 7) is 7.51. The number of hydrogen-bond acceptors (Lipinski definition) is 3. The molecule has 1 fully saturated rings. The van der Waals surface area contributed by atoms with E-state index in [0.717, 1.165) is 19.0 Å². The van der Waals surface area contributed by atoms with Crippen molar-refractivity contribution in [3.05, 3.63) is 12.2 Å². The lowest BCUT2D eigenvalue weighted by molar-refractivity contribution is 0.0517. The van der Waals surface area contributed by atoms with E-state index >= 15 is 0 Å². The quantitative estimate of drug-likeness (QED) is 0.763. The fraction of sp³-hybridized carbons (Fsp3) is 0.833. The second-order valence-corrected chi connectivity index (χ2v) is 7.74. The van der Waals surface area contributed by atoms with Gasteiger partial charge in [0.05, 0.1) is 0 Å². The van der Waals surface area contributed by atoms with Gasteiger partial charge >= 0.3 is 6.09 Å². The Balaban J connectivity index is 1.69. The SMILES string of the molecule is CC(C)(C)OC(=O)NCC1CCCC1NCC1CC=CCC1. The molecule has 4 nitrogen and oxygen atoms in total. The van der Waals surface area contributed by atoms with Crippen LogP contribution >= 0.6 is 0 Å². The second kappa shape index (κ2) is 8.00. The van der Waals surface area contributed by atoms with Crippen molar-refractivity contribution in [2.75, 3.05) is 13.1 Å². The third-order valence-electron chi connectivity index (χ3n) is 4.61. The van der Waals surface area contributed by atoms with E-state index in [1.165, 1.54) is 38.5 Å². The molecule has 22 heavy (non-hydrogen) atoms. The van der Waals surface area contributed by atoms with Gasteiger partial charge in [-0.1, -0.05) is 18.6 Å². The zero-order valence-electron chi connectivity index (χ0n) is 14.4. The highest BCUT2D eigenvalue weighted by Gasteiger charge is 2.28. The van der Waals surface area contributed by atoms with Gasteiger partial charge in [-0.2, -0.15) is 0 Å². The fourth-order valence-corrected chi connectivity index (χ4v) is 3.44. The minimum atomic E-state index is -0.425. The number of ether oxygens (including phenoxy) is 1. The molecule has 4 heteroatoms. The number of carbonyl (C=O) groups excluding carboxylic acids is 1. The number of nitrogens with one attached hydrogen (secondary N) is 2. The smallest absolute Gasteiger partial charge is 0.407 e. The summed E-state index contributed by atoms with van der Waals surface area (Å²) in [5.74, 6) is 1.32. The highest BCUT2D eigenvalue weighted by Crippen LogP contribution is 2.26. The molecular weight excluding hydrogens is 276 g/mol. The third-order valence-corrected chi connectivity index (χ3v) is 4.61. The first-order chi connectivity index (χ1) is 10.4. The first-order valence-electron chi connectivity index (χ1n) is 8.79. The van der Waals surface area contributed by atoms with Gasteiger partial charge in [0.25, 0.3) is 0 Å². The van der Waals surface area contributed by atoms with Crippen LogP contribution in [0.25, 0.3) is 0 Å². The van der Waals surface area contributed by atoms with Crippen LogP contribution in [0.15, 0.2) is 12.2 Å². The summed E-state index contributed by atoms with van der Waals surface area (Å²) in [6, 6.07) is 0.542. The average Bonchev–Trinajstić information content (AvgIpc) is 2.90. The monoisotopic (exact) mass is 308 g/mol. The molecule has 126 valence electrons. The van der Waals surface area contributed by atoms with Gasteiger partial charge in [0, 0.05) is 12.6 Å². The van der Waals surface area contributed by atoms with Crippen molar-refractivity contribution in [3.63, 3.8) is 0 Å². The number of rotatable bonds is 5. The van der Waals surface area contributed by atoms with E-state index in [2.05, 4.69) is 22.8 Å². The van der Waals surface area contributed by atoms with Crippen LogP contribution in [-0.2, 0) is 4.74 Å². The van der Waals surface area contributed by atoms with E-state index in [0.29, 0.717) is 12.0 Å². The van der Waals surface area contributed by atoms with Gasteiger partial charge < -0.3 is 15.4 Å². The zero-order chi connectivity index (χ0) is 16.0. The van der Waals surface area contributed by atoms with Crippen molar-refractivity contribution in [1.29, 1.82) is 0 Å². The molecule has 1 saturated carbocycles. The molecule has 3 unspecified atom stereocenters. The first kappa shape index (κ1) is 17.3. The predicted molar refractivity (Wildman–Crippen MR) is 89.8 cm³/mol. The fourth-order valence-electron chi connectivity index (χ4n) is 3.44. The van der Waals surface area contributed by atoms with E-state index in [-0.39, 0.29) is 6.09 Å². The van der Waals surface area contributed by atoms with E-state index in [1.54, 1.807) is 0 Å². The van der Waals surface area contributed by atoms with Crippen LogP contribution < -0.4 is 10.6 Å². The number of hydrogen-bond donors (Lipinski definition) is 2. The van der Waals surface area contributed by atoms with Crippen molar-refractivity contribution >= 4 is 6.09 Å². The highest BCUT2D eigenvalue weighted by atomic mass is 16.6. The summed E-state index contributed by atoms with van der Waals surface area (Å²) < 4.78 is 5.31. The van der Waals surface area contributed by atoms with Crippen LogP contribution in [-0.4, -0.2) is 30.8 Å². The maximum atomic E-state index is 11.8. The van der Waals surface area contributed by atoms with E-state index in [1.807, 2.05) is 20.8 Å². The Morgan fingerprint density at radius 2 is 2.00 bits per heavy atom. The van der Waals surface area contributed by atoms with Crippen molar-refractivity contribution in [2.45, 2.75) is 70.9 Å². The molecule has 0 aromatic carbocycles. The van der Waals surface area contributed by atoms with Gasteiger partial charge in [-0.15, -0.1) is 0 Å². The van der Waals surface area contributed by atoms with Crippen LogP contribution in [0.3, 0.4) is 0 Å². The van der Waals surface area contributed by atoms with Gasteiger partial charge in [0.1, 0.15) is 5.60 Å². The van der Waals surface area contributed by atoms with Crippen molar-refractivity contribution in [3.8, 4) is 0 Å². The van der Waals surface area contributed by atoms with Gasteiger partial charge in [-0.05, 0) is 71.3 Å². The summed E-state index contributed by atoms with van der Waals surface area (Å²) >= 11 is 0. The molecule has 0 heterocycles. The zero-order valence-corrected chi connectivity index (χ0v) is 14.4. The number of alkyl carbamates (subject to hydrolysis) is 1. The highest BCUT2D eigenvalue weighted by molar-refractivity contribution is 5.67. The molecule has 3 atom stereocenters. The maximum Gasteiger partial charge on any atom is 0.407 e. The lowest BCUT2D eigenvalue weighted by Crippen LogP contribution is -2.42. The molecule has 2 rings (SSSR count). The molecule has 0 aromatic rings. The van der Waals surface area contributed by atoms with Crippen LogP contribution in [0, 0.1) is 11.8 Å². The number of allylic oxidation sites excluding steroid dienone is 2. The van der Waals surface area contributed by atoms with E-state index < -0.39 is 5.60 Å². The standard InChI is InChI=1S/C18H32N2O2/c1-18(2,3)22-17(21)20-13-15-10-7-11-16(15)19-12-14-8-5-4-6-9-14/h4-5,14-16,19H,6-13H2,1-3H3,(H,20,21). The van der Waals surface area contributed by atoms with E-state index in [9.17, 15) is 4.79 Å². The molecule has 0 bridgehead atoms. The Morgan fingerprint density at radius 3 is 2.68 bits per heavy atom. The van der Waals surface area contributed by atoms with Crippen LogP contribution in [0.1, 0.15) is 59.3 Å². The van der Waals surface area contributed by atoms with Crippen LogP contribution in [0.2, 0.25) is 0 Å². The van der Waals surface area contributed by atoms with Gasteiger partial charge in [0.2, 0.25) is 0 Å². The largest absolute Gasteiger partial charge is 0.444 e. The Hall–Kier alpha value is -1.03. The van der Waals surface area contributed by atoms with Crippen LogP contribution in [0.5, 0.6) is 0 Å². The van der Waals surface area contributed by atoms with E-state index in [4.69, 9.17) is 4.74 Å². The molecular formula is C18H32N2O2. The van der Waals surface area contributed by atoms with Crippen molar-refractivity contribution in [1.82, 2.24) is 10.6 Å². The summed E-state index contributed by atoms with van der Waals surface area (Å²) in [5.41, 5.74) is -0.425. The molecule has 0 radical (unpaired) electrons. The topological polar surface area (TPSA) is 50.4 Å². The minimum absolute atomic E-state index is 0.296. The van der Waals surface area contributed by atoms with Crippen molar-refractivity contribution < 1.29 is 9.53 Å². The second-order valence-electron chi connectivity index (χ2n) is 7.74. The lowest BCUT2D eigenvalue weighted by Gasteiger charge is -2.26.